The Morgan fingerprint density at radius 2 is 2.39 bits per heavy atom. The molecule has 0 aromatic heterocycles. The summed E-state index contributed by atoms with van der Waals surface area (Å²) in [6.45, 7) is 2.43. The summed E-state index contributed by atoms with van der Waals surface area (Å²) in [5.41, 5.74) is 7.06. The van der Waals surface area contributed by atoms with E-state index in [-0.39, 0.29) is 11.9 Å². The Labute approximate surface area is 107 Å². The van der Waals surface area contributed by atoms with Gasteiger partial charge in [-0.1, -0.05) is 11.1 Å². The first-order valence-corrected chi connectivity index (χ1v) is 5.46. The Morgan fingerprint density at radius 3 is 2.94 bits per heavy atom. The number of nitrogens with one attached hydrogen (secondary N) is 1. The Bertz CT molecular complexity index is 478. The fourth-order valence-electron chi connectivity index (χ4n) is 1.46. The molecule has 0 saturated heterocycles. The summed E-state index contributed by atoms with van der Waals surface area (Å²) in [6.07, 6.45) is 5.29. The van der Waals surface area contributed by atoms with Crippen LogP contribution in [0.2, 0.25) is 0 Å². The zero-order valence-corrected chi connectivity index (χ0v) is 10.5. The minimum Gasteiger partial charge on any atom is -0.496 e. The van der Waals surface area contributed by atoms with E-state index in [0.29, 0.717) is 12.1 Å². The van der Waals surface area contributed by atoms with Crippen molar-refractivity contribution < 1.29 is 9.94 Å². The summed E-state index contributed by atoms with van der Waals surface area (Å²) in [7, 11) is 1.59. The number of methoxy groups -OCH3 is 1. The number of ether oxygens (including phenoxy) is 1. The molecule has 0 heterocycles. The highest BCUT2D eigenvalue weighted by Crippen LogP contribution is 2.19. The fraction of sp³-hybridized carbons (Fsp3) is 0.308. The van der Waals surface area contributed by atoms with Crippen LogP contribution in [0.15, 0.2) is 23.4 Å². The highest BCUT2D eigenvalue weighted by atomic mass is 16.5. The van der Waals surface area contributed by atoms with Crippen LogP contribution in [-0.2, 0) is 6.54 Å². The van der Waals surface area contributed by atoms with Gasteiger partial charge in [-0.05, 0) is 25.1 Å². The molecule has 1 aromatic rings. The quantitative estimate of drug-likeness (QED) is 0.237. The number of nitrogens with two attached hydrogens (primary N) is 1. The largest absolute Gasteiger partial charge is 0.496 e. The maximum atomic E-state index is 8.65. The lowest BCUT2D eigenvalue weighted by atomic mass is 10.1. The van der Waals surface area contributed by atoms with Crippen LogP contribution in [0.1, 0.15) is 18.1 Å². The predicted molar refractivity (Wildman–Crippen MR) is 70.6 cm³/mol. The second kappa shape index (κ2) is 6.52. The highest BCUT2D eigenvalue weighted by molar-refractivity contribution is 5.97. The Morgan fingerprint density at radius 1 is 1.67 bits per heavy atom. The van der Waals surface area contributed by atoms with Crippen molar-refractivity contribution >= 4 is 5.84 Å². The number of hydrogen-bond acceptors (Lipinski definition) is 4. The Balaban J connectivity index is 2.96. The summed E-state index contributed by atoms with van der Waals surface area (Å²) in [4.78, 5) is 0. The molecule has 5 heteroatoms. The first kappa shape index (κ1) is 13.9. The van der Waals surface area contributed by atoms with Crippen molar-refractivity contribution in [2.24, 2.45) is 10.9 Å². The van der Waals surface area contributed by atoms with Gasteiger partial charge in [-0.15, -0.1) is 6.42 Å². The fourth-order valence-corrected chi connectivity index (χ4v) is 1.46. The lowest BCUT2D eigenvalue weighted by Crippen LogP contribution is -2.24. The van der Waals surface area contributed by atoms with Crippen molar-refractivity contribution in [3.8, 4) is 18.1 Å². The second-order valence-electron chi connectivity index (χ2n) is 3.78. The van der Waals surface area contributed by atoms with Gasteiger partial charge in [-0.3, -0.25) is 5.32 Å². The topological polar surface area (TPSA) is 79.9 Å². The molecule has 96 valence electrons. The molecule has 1 aromatic carbocycles. The molecule has 0 radical (unpaired) electrons. The first-order chi connectivity index (χ1) is 8.62. The van der Waals surface area contributed by atoms with Gasteiger partial charge in [0.2, 0.25) is 0 Å². The molecule has 0 spiro atoms. The average molecular weight is 247 g/mol. The summed E-state index contributed by atoms with van der Waals surface area (Å²) < 4.78 is 5.24. The zero-order valence-electron chi connectivity index (χ0n) is 10.5. The molecule has 0 aliphatic carbocycles. The predicted octanol–water partition coefficient (Wildman–Crippen LogP) is 0.901. The maximum Gasteiger partial charge on any atom is 0.170 e. The van der Waals surface area contributed by atoms with Crippen LogP contribution in [0.4, 0.5) is 0 Å². The van der Waals surface area contributed by atoms with Gasteiger partial charge in [0.15, 0.2) is 5.84 Å². The lowest BCUT2D eigenvalue weighted by Gasteiger charge is -2.12. The second-order valence-corrected chi connectivity index (χ2v) is 3.78. The third kappa shape index (κ3) is 3.40. The number of amidine groups is 1. The molecule has 0 bridgehead atoms. The molecule has 1 unspecified atom stereocenters. The van der Waals surface area contributed by atoms with Gasteiger partial charge < -0.3 is 15.7 Å². The van der Waals surface area contributed by atoms with Gasteiger partial charge in [-0.25, -0.2) is 0 Å². The van der Waals surface area contributed by atoms with E-state index in [1.54, 1.807) is 25.3 Å². The molecule has 1 atom stereocenters. The van der Waals surface area contributed by atoms with Crippen LogP contribution in [0.3, 0.4) is 0 Å². The van der Waals surface area contributed by atoms with Crippen LogP contribution in [0.25, 0.3) is 0 Å². The molecule has 0 aliphatic rings. The number of benzene rings is 1. The van der Waals surface area contributed by atoms with E-state index < -0.39 is 0 Å². The van der Waals surface area contributed by atoms with Crippen molar-refractivity contribution in [1.82, 2.24) is 5.32 Å². The summed E-state index contributed by atoms with van der Waals surface area (Å²) >= 11 is 0. The van der Waals surface area contributed by atoms with Gasteiger partial charge in [0.05, 0.1) is 13.2 Å². The van der Waals surface area contributed by atoms with Crippen LogP contribution < -0.4 is 15.8 Å². The van der Waals surface area contributed by atoms with E-state index in [1.807, 2.05) is 6.92 Å². The van der Waals surface area contributed by atoms with Crippen LogP contribution in [0, 0.1) is 12.3 Å². The van der Waals surface area contributed by atoms with E-state index in [9.17, 15) is 0 Å². The number of nitrogens with zero attached hydrogens (tertiary/aromatic N) is 1. The molecule has 0 saturated carbocycles. The SMILES string of the molecule is C#CC(C)NCc1cc(/C(N)=N/O)ccc1OC. The highest BCUT2D eigenvalue weighted by Gasteiger charge is 2.08. The third-order valence-electron chi connectivity index (χ3n) is 2.53. The molecule has 0 aliphatic heterocycles. The van der Waals surface area contributed by atoms with Gasteiger partial charge in [0, 0.05) is 17.7 Å². The number of rotatable bonds is 5. The summed E-state index contributed by atoms with van der Waals surface area (Å²) in [6, 6.07) is 5.25. The zero-order chi connectivity index (χ0) is 13.5. The van der Waals surface area contributed by atoms with Gasteiger partial charge >= 0.3 is 0 Å². The Kier molecular flexibility index (Phi) is 5.03. The summed E-state index contributed by atoms with van der Waals surface area (Å²) in [5.74, 6) is 3.36. The molecule has 4 N–H and O–H groups in total. The lowest BCUT2D eigenvalue weighted by molar-refractivity contribution is 0.318. The number of terminal acetylenes is 1. The third-order valence-corrected chi connectivity index (χ3v) is 2.53. The molecule has 1 rings (SSSR count). The monoisotopic (exact) mass is 247 g/mol. The molecule has 0 fully saturated rings. The Hall–Kier alpha value is -2.19. The average Bonchev–Trinajstić information content (AvgIpc) is 2.43. The van der Waals surface area contributed by atoms with E-state index in [2.05, 4.69) is 16.4 Å². The van der Waals surface area contributed by atoms with Crippen molar-refractivity contribution in [2.75, 3.05) is 7.11 Å². The minimum atomic E-state index is -0.0396. The normalized spacial score (nSPS) is 12.8. The molecule has 0 amide bonds. The smallest absolute Gasteiger partial charge is 0.170 e. The number of hydrogen-bond donors (Lipinski definition) is 3. The van der Waals surface area contributed by atoms with E-state index in [1.165, 1.54) is 0 Å². The standard InChI is InChI=1S/C13H17N3O2/c1-4-9(2)15-8-11-7-10(13(14)16-17)5-6-12(11)18-3/h1,5-7,9,15,17H,8H2,2-3H3,(H2,14,16). The van der Waals surface area contributed by atoms with Crippen LogP contribution >= 0.6 is 0 Å². The molecular weight excluding hydrogens is 230 g/mol. The van der Waals surface area contributed by atoms with Crippen molar-refractivity contribution in [2.45, 2.75) is 19.5 Å². The molecule has 5 nitrogen and oxygen atoms in total. The molecule has 18 heavy (non-hydrogen) atoms. The van der Waals surface area contributed by atoms with Gasteiger partial charge in [0.25, 0.3) is 0 Å². The van der Waals surface area contributed by atoms with Crippen molar-refractivity contribution in [3.05, 3.63) is 29.3 Å². The van der Waals surface area contributed by atoms with Crippen LogP contribution in [0.5, 0.6) is 5.75 Å². The number of oxime groups is 1. The van der Waals surface area contributed by atoms with Gasteiger partial charge in [-0.2, -0.15) is 0 Å². The van der Waals surface area contributed by atoms with Crippen molar-refractivity contribution in [1.29, 1.82) is 0 Å². The molecular formula is C13H17N3O2. The first-order valence-electron chi connectivity index (χ1n) is 5.46. The minimum absolute atomic E-state index is 0.0396. The van der Waals surface area contributed by atoms with Crippen LogP contribution in [-0.4, -0.2) is 24.2 Å². The maximum absolute atomic E-state index is 8.65. The van der Waals surface area contributed by atoms with Crippen molar-refractivity contribution in [3.63, 3.8) is 0 Å². The van der Waals surface area contributed by atoms with E-state index in [4.69, 9.17) is 22.1 Å². The van der Waals surface area contributed by atoms with Gasteiger partial charge in [0.1, 0.15) is 5.75 Å². The van der Waals surface area contributed by atoms with E-state index >= 15 is 0 Å². The summed E-state index contributed by atoms with van der Waals surface area (Å²) in [5, 5.41) is 14.8. The van der Waals surface area contributed by atoms with E-state index in [0.717, 1.165) is 11.3 Å².